The maximum atomic E-state index is 3.98. The molecule has 0 heterocycles. The Morgan fingerprint density at radius 1 is 0.274 bits per heavy atom. The topological polar surface area (TPSA) is 0 Å². The van der Waals surface area contributed by atoms with E-state index >= 15 is 0 Å². The predicted octanol–water partition coefficient (Wildman–Crippen LogP) is 17.1. The molecule has 0 aliphatic heterocycles. The highest BCUT2D eigenvalue weighted by Gasteiger charge is 2.52. The van der Waals surface area contributed by atoms with E-state index in [-0.39, 0.29) is 21.7 Å². The number of rotatable bonds is 4. The molecule has 0 unspecified atom stereocenters. The summed E-state index contributed by atoms with van der Waals surface area (Å²) in [7, 11) is 0. The van der Waals surface area contributed by atoms with Crippen molar-refractivity contribution in [2.24, 2.45) is 0 Å². The van der Waals surface area contributed by atoms with Gasteiger partial charge in [-0.2, -0.15) is 0 Å². The molecule has 0 saturated carbocycles. The minimum atomic E-state index is -0.570. The van der Waals surface area contributed by atoms with Crippen molar-refractivity contribution in [1.29, 1.82) is 0 Å². The summed E-state index contributed by atoms with van der Waals surface area (Å²) in [6.07, 6.45) is 0. The normalized spacial score (nSPS) is 15.2. The summed E-state index contributed by atoms with van der Waals surface area (Å²) in [5.74, 6) is 0. The molecule has 0 spiro atoms. The van der Waals surface area contributed by atoms with Gasteiger partial charge in [0.15, 0.2) is 0 Å². The van der Waals surface area contributed by atoms with E-state index in [0.29, 0.717) is 0 Å². The molecule has 0 nitrogen and oxygen atoms in total. The lowest BCUT2D eigenvalue weighted by molar-refractivity contribution is 0.588. The van der Waals surface area contributed by atoms with Crippen molar-refractivity contribution >= 4 is 31.9 Å². The molecule has 0 N–H and O–H groups in total. The first kappa shape index (κ1) is 42.8. The van der Waals surface area contributed by atoms with Crippen LogP contribution in [0.25, 0.3) is 22.3 Å². The molecule has 2 heteroatoms. The number of fused-ring (bicyclic) bond motifs is 6. The zero-order valence-corrected chi connectivity index (χ0v) is 41.8. The van der Waals surface area contributed by atoms with Crippen LogP contribution in [-0.2, 0) is 32.5 Å². The molecule has 7 aromatic carbocycles. The van der Waals surface area contributed by atoms with Crippen molar-refractivity contribution in [2.45, 2.75) is 116 Å². The lowest BCUT2D eigenvalue weighted by atomic mass is 9.65. The standard InChI is InChI=1S/C60H60Br2/c1-55(2,3)37-13-21-41(22-14-37)59(42-23-15-38(16-24-42)56(4,5)6)51-33-45(61)29-31-47(51)49-36-54-50(35-53(49)59)48-32-30-46(62)34-52(48)60(54,43-25-17-39(18-26-43)57(7,8)9)44-27-19-40(20-28-44)58(10,11)12/h13-36H,1-12H3. The average molecular weight is 941 g/mol. The van der Waals surface area contributed by atoms with Gasteiger partial charge in [-0.1, -0.05) is 224 Å². The maximum absolute atomic E-state index is 3.98. The lowest BCUT2D eigenvalue weighted by Gasteiger charge is -2.36. The number of hydrogen-bond donors (Lipinski definition) is 0. The van der Waals surface area contributed by atoms with Gasteiger partial charge in [0.05, 0.1) is 10.8 Å². The summed E-state index contributed by atoms with van der Waals surface area (Å²) in [6.45, 7) is 27.7. The SMILES string of the molecule is CC(C)(C)c1ccc(C2(c3ccc(C(C)(C)C)cc3)c3cc(Br)ccc3-c3cc4c(cc32)-c2ccc(Br)cc2C4(c2ccc(C(C)(C)C)cc2)c2ccc(C(C)(C)C)cc2)cc1. The van der Waals surface area contributed by atoms with E-state index in [4.69, 9.17) is 0 Å². The van der Waals surface area contributed by atoms with Gasteiger partial charge in [0.2, 0.25) is 0 Å². The number of halogens is 2. The van der Waals surface area contributed by atoms with E-state index < -0.39 is 10.8 Å². The van der Waals surface area contributed by atoms with Crippen LogP contribution in [0.2, 0.25) is 0 Å². The third-order valence-corrected chi connectivity index (χ3v) is 15.0. The maximum Gasteiger partial charge on any atom is 0.0714 e. The highest BCUT2D eigenvalue weighted by atomic mass is 79.9. The fourth-order valence-corrected chi connectivity index (χ4v) is 11.3. The van der Waals surface area contributed by atoms with Crippen molar-refractivity contribution in [2.75, 3.05) is 0 Å². The van der Waals surface area contributed by atoms with Gasteiger partial charge >= 0.3 is 0 Å². The summed E-state index contributed by atoms with van der Waals surface area (Å²) in [6, 6.07) is 57.4. The van der Waals surface area contributed by atoms with Crippen LogP contribution in [-0.4, -0.2) is 0 Å². The molecule has 0 radical (unpaired) electrons. The molecule has 2 aliphatic carbocycles. The lowest BCUT2D eigenvalue weighted by Crippen LogP contribution is -2.30. The quantitative estimate of drug-likeness (QED) is 0.165. The molecule has 0 fully saturated rings. The molecule has 0 amide bonds. The Kier molecular flexibility index (Phi) is 10.0. The smallest absolute Gasteiger partial charge is 0.0582 e. The first-order valence-electron chi connectivity index (χ1n) is 22.3. The molecule has 7 aromatic rings. The Hall–Kier alpha value is -4.50. The first-order chi connectivity index (χ1) is 29.0. The van der Waals surface area contributed by atoms with Gasteiger partial charge in [0, 0.05) is 8.95 Å². The zero-order valence-electron chi connectivity index (χ0n) is 38.6. The van der Waals surface area contributed by atoms with E-state index in [1.165, 1.54) is 89.0 Å². The van der Waals surface area contributed by atoms with Crippen molar-refractivity contribution < 1.29 is 0 Å². The van der Waals surface area contributed by atoms with Gasteiger partial charge in [-0.25, -0.2) is 0 Å². The summed E-state index contributed by atoms with van der Waals surface area (Å²) < 4.78 is 2.17. The summed E-state index contributed by atoms with van der Waals surface area (Å²) >= 11 is 7.96. The second-order valence-electron chi connectivity index (χ2n) is 22.1. The zero-order chi connectivity index (χ0) is 44.4. The first-order valence-corrected chi connectivity index (χ1v) is 23.9. The molecule has 0 atom stereocenters. The van der Waals surface area contributed by atoms with Crippen molar-refractivity contribution in [1.82, 2.24) is 0 Å². The molecule has 0 aromatic heterocycles. The van der Waals surface area contributed by atoms with Crippen LogP contribution < -0.4 is 0 Å². The Balaban J connectivity index is 1.42. The molecule has 0 saturated heterocycles. The molecule has 9 rings (SSSR count). The second kappa shape index (κ2) is 14.5. The number of hydrogen-bond acceptors (Lipinski definition) is 0. The van der Waals surface area contributed by atoms with Crippen molar-refractivity contribution in [3.05, 3.63) is 221 Å². The average Bonchev–Trinajstić information content (AvgIpc) is 3.65. The molecule has 314 valence electrons. The Morgan fingerprint density at radius 2 is 0.500 bits per heavy atom. The van der Waals surface area contributed by atoms with Crippen LogP contribution >= 0.6 is 31.9 Å². The van der Waals surface area contributed by atoms with Gasteiger partial charge in [0.1, 0.15) is 0 Å². The van der Waals surface area contributed by atoms with E-state index in [2.05, 4.69) is 261 Å². The van der Waals surface area contributed by atoms with E-state index in [0.717, 1.165) is 8.95 Å². The van der Waals surface area contributed by atoms with Gasteiger partial charge in [-0.3, -0.25) is 0 Å². The Bertz CT molecular complexity index is 2530. The molecule has 62 heavy (non-hydrogen) atoms. The largest absolute Gasteiger partial charge is 0.0714 e. The van der Waals surface area contributed by atoms with Crippen molar-refractivity contribution in [3.8, 4) is 22.3 Å². The van der Waals surface area contributed by atoms with E-state index in [9.17, 15) is 0 Å². The van der Waals surface area contributed by atoms with Gasteiger partial charge in [-0.15, -0.1) is 0 Å². The van der Waals surface area contributed by atoms with Crippen LogP contribution in [0.5, 0.6) is 0 Å². The Labute approximate surface area is 388 Å². The van der Waals surface area contributed by atoms with Crippen LogP contribution in [0.3, 0.4) is 0 Å². The van der Waals surface area contributed by atoms with Crippen molar-refractivity contribution in [3.63, 3.8) is 0 Å². The van der Waals surface area contributed by atoms with Crippen LogP contribution in [0.15, 0.2) is 155 Å². The third-order valence-electron chi connectivity index (χ3n) is 14.1. The van der Waals surface area contributed by atoms with Crippen LogP contribution in [0.4, 0.5) is 0 Å². The molecular formula is C60H60Br2. The molecular weight excluding hydrogens is 880 g/mol. The Morgan fingerprint density at radius 3 is 0.726 bits per heavy atom. The monoisotopic (exact) mass is 938 g/mol. The van der Waals surface area contributed by atoms with Crippen LogP contribution in [0, 0.1) is 0 Å². The summed E-state index contributed by atoms with van der Waals surface area (Å²) in [4.78, 5) is 0. The van der Waals surface area contributed by atoms with Gasteiger partial charge < -0.3 is 0 Å². The minimum absolute atomic E-state index is 0.0346. The highest BCUT2D eigenvalue weighted by Crippen LogP contribution is 2.63. The summed E-state index contributed by atoms with van der Waals surface area (Å²) in [5, 5.41) is 0. The summed E-state index contributed by atoms with van der Waals surface area (Å²) in [5.41, 5.74) is 19.9. The second-order valence-corrected chi connectivity index (χ2v) is 24.0. The van der Waals surface area contributed by atoms with Gasteiger partial charge in [0.25, 0.3) is 0 Å². The molecule has 0 bridgehead atoms. The molecule has 2 aliphatic rings. The highest BCUT2D eigenvalue weighted by molar-refractivity contribution is 9.10. The van der Waals surface area contributed by atoms with Gasteiger partial charge in [-0.05, 0) is 147 Å². The number of benzene rings is 7. The minimum Gasteiger partial charge on any atom is -0.0582 e. The van der Waals surface area contributed by atoms with E-state index in [1.54, 1.807) is 0 Å². The van der Waals surface area contributed by atoms with Crippen LogP contribution in [0.1, 0.15) is 150 Å². The fourth-order valence-electron chi connectivity index (χ4n) is 10.5. The third kappa shape index (κ3) is 6.65. The predicted molar refractivity (Wildman–Crippen MR) is 271 cm³/mol. The fraction of sp³-hybridized carbons (Fsp3) is 0.300. The van der Waals surface area contributed by atoms with E-state index in [1.807, 2.05) is 0 Å².